The van der Waals surface area contributed by atoms with Gasteiger partial charge in [0.2, 0.25) is 11.9 Å². The van der Waals surface area contributed by atoms with E-state index in [1.54, 1.807) is 35.1 Å². The maximum atomic E-state index is 13.5. The molecule has 42 heavy (non-hydrogen) atoms. The molecule has 2 N–H and O–H groups in total. The molecule has 3 heterocycles. The quantitative estimate of drug-likeness (QED) is 0.179. The van der Waals surface area contributed by atoms with Gasteiger partial charge in [-0.1, -0.05) is 24.8 Å². The van der Waals surface area contributed by atoms with Crippen molar-refractivity contribution in [3.8, 4) is 17.0 Å². The minimum atomic E-state index is -4.98. The van der Waals surface area contributed by atoms with E-state index in [0.717, 1.165) is 16.6 Å². The molecule has 0 radical (unpaired) electrons. The number of hydrogen-bond donors (Lipinski definition) is 2. The number of ether oxygens (including phenoxy) is 1. The number of alkyl halides is 3. The zero-order chi connectivity index (χ0) is 30.4. The Balaban J connectivity index is 1.79. The number of fused-ring (bicyclic) bond motifs is 1. The fourth-order valence-electron chi connectivity index (χ4n) is 4.10. The highest BCUT2D eigenvalue weighted by Crippen LogP contribution is 2.40. The van der Waals surface area contributed by atoms with Gasteiger partial charge in [0.05, 0.1) is 34.5 Å². The topological polar surface area (TPSA) is 99.9 Å². The summed E-state index contributed by atoms with van der Waals surface area (Å²) in [7, 11) is 5.47. The maximum absolute atomic E-state index is 13.5. The number of hydrogen-bond acceptors (Lipinski definition) is 8. The van der Waals surface area contributed by atoms with Crippen LogP contribution in [0.25, 0.3) is 16.8 Å². The molecule has 0 aliphatic rings. The van der Waals surface area contributed by atoms with Gasteiger partial charge in [-0.25, -0.2) is 14.5 Å². The molecule has 1 aromatic carbocycles. The average molecular weight is 581 g/mol. The van der Waals surface area contributed by atoms with Crippen LogP contribution in [-0.2, 0) is 4.79 Å². The summed E-state index contributed by atoms with van der Waals surface area (Å²) >= 11 is 0. The first-order valence-corrected chi connectivity index (χ1v) is 12.9. The monoisotopic (exact) mass is 580 g/mol. The highest BCUT2D eigenvalue weighted by molar-refractivity contribution is 6.02. The van der Waals surface area contributed by atoms with E-state index >= 15 is 0 Å². The van der Waals surface area contributed by atoms with Crippen LogP contribution in [0.5, 0.6) is 5.75 Å². The van der Waals surface area contributed by atoms with Crippen molar-refractivity contribution in [2.75, 3.05) is 49.8 Å². The van der Waals surface area contributed by atoms with E-state index in [-0.39, 0.29) is 17.3 Å². The number of nitrogens with zero attached hydrogens (tertiary/aromatic N) is 6. The van der Waals surface area contributed by atoms with Crippen LogP contribution in [0.2, 0.25) is 0 Å². The van der Waals surface area contributed by atoms with Crippen molar-refractivity contribution in [1.82, 2.24) is 24.5 Å². The summed E-state index contributed by atoms with van der Waals surface area (Å²) in [5.41, 5.74) is 3.29. The zero-order valence-corrected chi connectivity index (χ0v) is 23.6. The highest BCUT2D eigenvalue weighted by atomic mass is 19.4. The Morgan fingerprint density at radius 3 is 2.64 bits per heavy atom. The van der Waals surface area contributed by atoms with Gasteiger partial charge in [0.1, 0.15) is 0 Å². The fraction of sp³-hybridized carbons (Fsp3) is 0.241. The van der Waals surface area contributed by atoms with Crippen LogP contribution in [0.3, 0.4) is 0 Å². The Bertz CT molecular complexity index is 1610. The van der Waals surface area contributed by atoms with Crippen molar-refractivity contribution in [2.24, 2.45) is 0 Å². The second-order valence-electron chi connectivity index (χ2n) is 9.66. The van der Waals surface area contributed by atoms with Gasteiger partial charge in [-0.05, 0) is 44.8 Å². The van der Waals surface area contributed by atoms with Gasteiger partial charge in [0.15, 0.2) is 5.75 Å². The predicted octanol–water partition coefficient (Wildman–Crippen LogP) is 5.42. The first kappa shape index (κ1) is 30.1. The Kier molecular flexibility index (Phi) is 9.11. The second kappa shape index (κ2) is 12.7. The van der Waals surface area contributed by atoms with Crippen LogP contribution in [0.1, 0.15) is 5.56 Å². The van der Waals surface area contributed by atoms with Gasteiger partial charge in [-0.3, -0.25) is 4.79 Å². The molecule has 10 nitrogen and oxygen atoms in total. The summed E-state index contributed by atoms with van der Waals surface area (Å²) in [5, 5.41) is 9.94. The molecule has 0 aliphatic heterocycles. The Hall–Kier alpha value is -4.91. The number of amides is 1. The Labute approximate surface area is 241 Å². The molecule has 0 atom stereocenters. The van der Waals surface area contributed by atoms with Gasteiger partial charge in [-0.15, -0.1) is 13.2 Å². The number of aromatic nitrogens is 4. The number of rotatable bonds is 11. The summed E-state index contributed by atoms with van der Waals surface area (Å²) in [4.78, 5) is 25.1. The first-order chi connectivity index (χ1) is 19.9. The third-order valence-electron chi connectivity index (χ3n) is 6.16. The molecule has 4 aromatic rings. The number of halogens is 3. The molecule has 0 fully saturated rings. The smallest absolute Gasteiger partial charge is 0.403 e. The zero-order valence-electron chi connectivity index (χ0n) is 23.6. The number of carbonyl (C=O) groups is 1. The summed E-state index contributed by atoms with van der Waals surface area (Å²) in [6, 6.07) is 8.18. The molecule has 13 heteroatoms. The molecule has 0 aliphatic carbocycles. The number of aryl methyl sites for hydroxylation is 1. The molecule has 220 valence electrons. The number of anilines is 4. The van der Waals surface area contributed by atoms with Crippen LogP contribution >= 0.6 is 0 Å². The van der Waals surface area contributed by atoms with E-state index < -0.39 is 18.0 Å². The SMILES string of the molecule is C=C/C=C/C(=O)Nc1cc(Nc2ncc(C)c(-c3cnn4ccccc34)n2)c(OC(F)(F)F)cc1N(C)CCN(C)C. The van der Waals surface area contributed by atoms with Crippen LogP contribution in [-0.4, -0.2) is 71.0 Å². The summed E-state index contributed by atoms with van der Waals surface area (Å²) in [5.74, 6) is -0.986. The van der Waals surface area contributed by atoms with Crippen LogP contribution in [0.4, 0.5) is 36.2 Å². The van der Waals surface area contributed by atoms with E-state index in [0.29, 0.717) is 24.5 Å². The third-order valence-corrected chi connectivity index (χ3v) is 6.16. The number of likely N-dealkylation sites (N-methyl/N-ethyl adjacent to an activating group) is 2. The lowest BCUT2D eigenvalue weighted by molar-refractivity contribution is -0.274. The number of benzene rings is 1. The lowest BCUT2D eigenvalue weighted by atomic mass is 10.1. The largest absolute Gasteiger partial charge is 0.573 e. The van der Waals surface area contributed by atoms with E-state index in [2.05, 4.69) is 37.0 Å². The molecular weight excluding hydrogens is 549 g/mol. The van der Waals surface area contributed by atoms with Crippen LogP contribution in [0, 0.1) is 6.92 Å². The molecular formula is C29H31F3N8O2. The molecule has 1 amide bonds. The van der Waals surface area contributed by atoms with Crippen molar-refractivity contribution in [1.29, 1.82) is 0 Å². The lowest BCUT2D eigenvalue weighted by Crippen LogP contribution is -2.29. The Morgan fingerprint density at radius 2 is 1.93 bits per heavy atom. The maximum Gasteiger partial charge on any atom is 0.573 e. The number of carbonyl (C=O) groups excluding carboxylic acids is 1. The number of pyridine rings is 1. The third kappa shape index (κ3) is 7.43. The van der Waals surface area contributed by atoms with Crippen molar-refractivity contribution < 1.29 is 22.7 Å². The van der Waals surface area contributed by atoms with Crippen molar-refractivity contribution in [3.63, 3.8) is 0 Å². The Morgan fingerprint density at radius 1 is 1.14 bits per heavy atom. The number of nitrogens with one attached hydrogen (secondary N) is 2. The highest BCUT2D eigenvalue weighted by Gasteiger charge is 2.33. The van der Waals surface area contributed by atoms with Gasteiger partial charge in [0, 0.05) is 50.2 Å². The van der Waals surface area contributed by atoms with E-state index in [1.807, 2.05) is 44.1 Å². The predicted molar refractivity (Wildman–Crippen MR) is 157 cm³/mol. The normalized spacial score (nSPS) is 11.7. The molecule has 0 saturated heterocycles. The molecule has 0 bridgehead atoms. The lowest BCUT2D eigenvalue weighted by Gasteiger charge is -2.26. The van der Waals surface area contributed by atoms with Crippen LogP contribution < -0.4 is 20.3 Å². The van der Waals surface area contributed by atoms with E-state index in [9.17, 15) is 18.0 Å². The molecule has 3 aromatic heterocycles. The molecule has 0 unspecified atom stereocenters. The van der Waals surface area contributed by atoms with Crippen molar-refractivity contribution in [2.45, 2.75) is 13.3 Å². The molecule has 0 spiro atoms. The molecule has 0 saturated carbocycles. The minimum Gasteiger partial charge on any atom is -0.403 e. The van der Waals surface area contributed by atoms with Crippen LogP contribution in [0.15, 0.2) is 73.7 Å². The van der Waals surface area contributed by atoms with Gasteiger partial charge in [-0.2, -0.15) is 5.10 Å². The minimum absolute atomic E-state index is 0.0236. The standard InChI is InChI=1S/C29H31F3N8O2/c1-6-7-11-26(41)35-21-15-22(25(42-29(30,31)32)16-24(21)39(5)14-13-38(3)4)36-28-33-17-19(2)27(37-28)20-18-34-40-12-9-8-10-23(20)40/h6-12,15-18H,1,13-14H2,2-5H3,(H,35,41)(H,33,36,37)/b11-7+. The summed E-state index contributed by atoms with van der Waals surface area (Å²) < 4.78 is 46.8. The first-order valence-electron chi connectivity index (χ1n) is 12.9. The summed E-state index contributed by atoms with van der Waals surface area (Å²) in [6.07, 6.45) is 4.19. The van der Waals surface area contributed by atoms with Gasteiger partial charge < -0.3 is 25.2 Å². The summed E-state index contributed by atoms with van der Waals surface area (Å²) in [6.45, 7) is 6.44. The van der Waals surface area contributed by atoms with Gasteiger partial charge in [0.25, 0.3) is 0 Å². The van der Waals surface area contributed by atoms with E-state index in [4.69, 9.17) is 0 Å². The van der Waals surface area contributed by atoms with E-state index in [1.165, 1.54) is 30.4 Å². The van der Waals surface area contributed by atoms with Crippen molar-refractivity contribution in [3.05, 3.63) is 79.3 Å². The van der Waals surface area contributed by atoms with Gasteiger partial charge >= 0.3 is 6.36 Å². The molecule has 4 rings (SSSR count). The fourth-order valence-corrected chi connectivity index (χ4v) is 4.10. The average Bonchev–Trinajstić information content (AvgIpc) is 3.36. The van der Waals surface area contributed by atoms with Crippen molar-refractivity contribution >= 4 is 34.4 Å². The number of allylic oxidation sites excluding steroid dienone is 2. The second-order valence-corrected chi connectivity index (χ2v) is 9.66.